The third-order valence-electron chi connectivity index (χ3n) is 6.48. The predicted molar refractivity (Wildman–Crippen MR) is 126 cm³/mol. The summed E-state index contributed by atoms with van der Waals surface area (Å²) in [5.41, 5.74) is 1.36. The Balaban J connectivity index is 1.68. The van der Waals surface area contributed by atoms with E-state index in [-0.39, 0.29) is 23.6 Å². The van der Waals surface area contributed by atoms with Crippen molar-refractivity contribution in [3.8, 4) is 0 Å². The van der Waals surface area contributed by atoms with Crippen LogP contribution in [-0.4, -0.2) is 83.5 Å². The van der Waals surface area contributed by atoms with E-state index in [0.717, 1.165) is 19.6 Å². The number of aromatic nitrogens is 1. The maximum atomic E-state index is 13.2. The molecule has 2 aliphatic heterocycles. The second-order valence-electron chi connectivity index (χ2n) is 8.66. The van der Waals surface area contributed by atoms with Gasteiger partial charge in [0.05, 0.1) is 31.7 Å². The second kappa shape index (κ2) is 10.5. The Labute approximate surface area is 203 Å². The van der Waals surface area contributed by atoms with Gasteiger partial charge < -0.3 is 28.9 Å². The van der Waals surface area contributed by atoms with Crippen LogP contribution in [0.2, 0.25) is 0 Å². The fraction of sp³-hybridized carbons (Fsp3) is 0.480. The first-order valence-corrected chi connectivity index (χ1v) is 11.8. The number of aliphatic hydroxyl groups excluding tert-OH is 1. The number of H-pyrrole nitrogens is 1. The number of ketones is 1. The molecule has 1 atom stereocenters. The maximum absolute atomic E-state index is 13.2. The first kappa shape index (κ1) is 24.7. The number of aromatic amines is 1. The third-order valence-corrected chi connectivity index (χ3v) is 6.48. The van der Waals surface area contributed by atoms with Crippen LogP contribution in [0.15, 0.2) is 28.4 Å². The molecule has 0 unspecified atom stereocenters. The number of rotatable bonds is 8. The second-order valence-corrected chi connectivity index (χ2v) is 8.66. The van der Waals surface area contributed by atoms with Crippen LogP contribution in [-0.2, 0) is 19.1 Å². The normalized spacial score (nSPS) is 20.5. The van der Waals surface area contributed by atoms with Crippen LogP contribution in [0.4, 0.5) is 0 Å². The molecule has 0 aliphatic carbocycles. The smallest absolute Gasteiger partial charge is 0.355 e. The van der Waals surface area contributed by atoms with Crippen molar-refractivity contribution in [2.24, 2.45) is 0 Å². The van der Waals surface area contributed by atoms with Crippen LogP contribution in [0.5, 0.6) is 0 Å². The van der Waals surface area contributed by atoms with Crippen molar-refractivity contribution in [3.05, 3.63) is 52.2 Å². The van der Waals surface area contributed by atoms with Gasteiger partial charge in [0.2, 0.25) is 0 Å². The number of morpholine rings is 1. The first-order chi connectivity index (χ1) is 16.8. The third kappa shape index (κ3) is 4.76. The van der Waals surface area contributed by atoms with E-state index in [4.69, 9.17) is 13.9 Å². The lowest BCUT2D eigenvalue weighted by molar-refractivity contribution is -0.140. The highest BCUT2D eigenvalue weighted by atomic mass is 16.5. The molecule has 0 radical (unpaired) electrons. The number of carbonyl (C=O) groups excluding carboxylic acids is 3. The lowest BCUT2D eigenvalue weighted by Crippen LogP contribution is -2.38. The van der Waals surface area contributed by atoms with Crippen molar-refractivity contribution in [3.63, 3.8) is 0 Å². The molecule has 4 heterocycles. The standard InChI is InChI=1S/C25H31N3O7/c1-4-34-25(32)20-15(2)18(16(3)26-20)22(29)19-21(17-7-5-12-35-17)28(24(31)23(19)30)9-6-8-27-10-13-33-14-11-27/h5,7,12,21,26,29H,4,6,8-11,13-14H2,1-3H3/t21-/m1/s1. The molecule has 4 rings (SSSR count). The summed E-state index contributed by atoms with van der Waals surface area (Å²) in [7, 11) is 0. The molecule has 35 heavy (non-hydrogen) atoms. The van der Waals surface area contributed by atoms with Gasteiger partial charge in [-0.3, -0.25) is 14.5 Å². The molecule has 10 nitrogen and oxygen atoms in total. The van der Waals surface area contributed by atoms with E-state index < -0.39 is 23.7 Å². The number of esters is 1. The quantitative estimate of drug-likeness (QED) is 0.253. The van der Waals surface area contributed by atoms with Gasteiger partial charge in [0.1, 0.15) is 23.3 Å². The summed E-state index contributed by atoms with van der Waals surface area (Å²) in [6.07, 6.45) is 2.12. The van der Waals surface area contributed by atoms with E-state index in [0.29, 0.717) is 48.8 Å². The molecular weight excluding hydrogens is 454 g/mol. The van der Waals surface area contributed by atoms with Gasteiger partial charge >= 0.3 is 5.97 Å². The van der Waals surface area contributed by atoms with Crippen molar-refractivity contribution < 1.29 is 33.4 Å². The molecule has 2 aliphatic rings. The van der Waals surface area contributed by atoms with Gasteiger partial charge in [-0.25, -0.2) is 4.79 Å². The molecule has 0 saturated carbocycles. The molecule has 10 heteroatoms. The van der Waals surface area contributed by atoms with Crippen molar-refractivity contribution in [1.29, 1.82) is 0 Å². The van der Waals surface area contributed by atoms with Gasteiger partial charge in [0.25, 0.3) is 11.7 Å². The molecule has 0 bridgehead atoms. The topological polar surface area (TPSA) is 125 Å². The Bertz CT molecular complexity index is 1130. The van der Waals surface area contributed by atoms with E-state index >= 15 is 0 Å². The van der Waals surface area contributed by atoms with Gasteiger partial charge in [-0.1, -0.05) is 0 Å². The van der Waals surface area contributed by atoms with E-state index in [9.17, 15) is 19.5 Å². The highest BCUT2D eigenvalue weighted by Gasteiger charge is 2.47. The maximum Gasteiger partial charge on any atom is 0.355 e. The van der Waals surface area contributed by atoms with Crippen LogP contribution < -0.4 is 0 Å². The molecule has 188 valence electrons. The van der Waals surface area contributed by atoms with Crippen LogP contribution in [0.25, 0.3) is 5.76 Å². The highest BCUT2D eigenvalue weighted by Crippen LogP contribution is 2.41. The average Bonchev–Trinajstić information content (AvgIpc) is 3.53. The highest BCUT2D eigenvalue weighted by molar-refractivity contribution is 6.46. The van der Waals surface area contributed by atoms with Crippen molar-refractivity contribution in [2.75, 3.05) is 46.0 Å². The van der Waals surface area contributed by atoms with E-state index in [2.05, 4.69) is 9.88 Å². The molecule has 0 spiro atoms. The van der Waals surface area contributed by atoms with Gasteiger partial charge in [-0.2, -0.15) is 0 Å². The minimum atomic E-state index is -0.866. The summed E-state index contributed by atoms with van der Waals surface area (Å²) >= 11 is 0. The number of aliphatic hydroxyl groups is 1. The summed E-state index contributed by atoms with van der Waals surface area (Å²) in [6.45, 7) is 9.35. The zero-order chi connectivity index (χ0) is 25.1. The summed E-state index contributed by atoms with van der Waals surface area (Å²) < 4.78 is 16.1. The number of Topliss-reactive ketones (excluding diaryl/α,β-unsaturated/α-hetero) is 1. The first-order valence-electron chi connectivity index (χ1n) is 11.8. The van der Waals surface area contributed by atoms with Crippen molar-refractivity contribution >= 4 is 23.4 Å². The van der Waals surface area contributed by atoms with Crippen molar-refractivity contribution in [2.45, 2.75) is 33.2 Å². The van der Waals surface area contributed by atoms with Gasteiger partial charge in [0.15, 0.2) is 0 Å². The van der Waals surface area contributed by atoms with Gasteiger partial charge in [0, 0.05) is 37.4 Å². The Hall–Kier alpha value is -3.37. The largest absolute Gasteiger partial charge is 0.507 e. The Kier molecular flexibility index (Phi) is 7.42. The number of nitrogens with one attached hydrogen (secondary N) is 1. The number of likely N-dealkylation sites (tertiary alicyclic amines) is 1. The zero-order valence-corrected chi connectivity index (χ0v) is 20.3. The molecule has 1 amide bonds. The summed E-state index contributed by atoms with van der Waals surface area (Å²) in [4.78, 5) is 45.3. The summed E-state index contributed by atoms with van der Waals surface area (Å²) in [5.74, 6) is -1.99. The molecule has 0 aromatic carbocycles. The lowest BCUT2D eigenvalue weighted by atomic mass is 9.97. The number of amides is 1. The van der Waals surface area contributed by atoms with E-state index in [1.807, 2.05) is 0 Å². The molecule has 2 fully saturated rings. The number of nitrogens with zero attached hydrogens (tertiary/aromatic N) is 2. The molecular formula is C25H31N3O7. The summed E-state index contributed by atoms with van der Waals surface area (Å²) in [5, 5.41) is 11.4. The number of aryl methyl sites for hydroxylation is 1. The number of hydrogen-bond donors (Lipinski definition) is 2. The Morgan fingerprint density at radius 1 is 1.23 bits per heavy atom. The minimum Gasteiger partial charge on any atom is -0.507 e. The molecule has 2 aromatic heterocycles. The fourth-order valence-electron chi connectivity index (χ4n) is 4.79. The zero-order valence-electron chi connectivity index (χ0n) is 20.3. The number of ether oxygens (including phenoxy) is 2. The Morgan fingerprint density at radius 3 is 2.63 bits per heavy atom. The van der Waals surface area contributed by atoms with Crippen LogP contribution in [0.1, 0.15) is 52.5 Å². The van der Waals surface area contributed by atoms with Crippen LogP contribution in [0, 0.1) is 13.8 Å². The lowest BCUT2D eigenvalue weighted by Gasteiger charge is -2.28. The van der Waals surface area contributed by atoms with Gasteiger partial charge in [-0.15, -0.1) is 0 Å². The number of furan rings is 1. The van der Waals surface area contributed by atoms with Gasteiger partial charge in [-0.05, 0) is 44.9 Å². The minimum absolute atomic E-state index is 0.0584. The fourth-order valence-corrected chi connectivity index (χ4v) is 4.79. The van der Waals surface area contributed by atoms with E-state index in [1.165, 1.54) is 11.2 Å². The van der Waals surface area contributed by atoms with Crippen LogP contribution in [0.3, 0.4) is 0 Å². The van der Waals surface area contributed by atoms with E-state index in [1.54, 1.807) is 32.9 Å². The van der Waals surface area contributed by atoms with Crippen molar-refractivity contribution in [1.82, 2.24) is 14.8 Å². The molecule has 2 N–H and O–H groups in total. The Morgan fingerprint density at radius 2 is 1.97 bits per heavy atom. The molecule has 2 saturated heterocycles. The number of carbonyl (C=O) groups is 3. The SMILES string of the molecule is CCOC(=O)c1[nH]c(C)c(C(O)=C2C(=O)C(=O)N(CCCN3CCOCC3)[C@@H]2c2ccco2)c1C. The number of hydrogen-bond acceptors (Lipinski definition) is 8. The monoisotopic (exact) mass is 485 g/mol. The van der Waals surface area contributed by atoms with Crippen LogP contribution >= 0.6 is 0 Å². The predicted octanol–water partition coefficient (Wildman–Crippen LogP) is 2.55. The average molecular weight is 486 g/mol. The summed E-state index contributed by atoms with van der Waals surface area (Å²) in [6, 6.07) is 2.49. The molecule has 2 aromatic rings.